The lowest BCUT2D eigenvalue weighted by Gasteiger charge is -2.35. The smallest absolute Gasteiger partial charge is 0.353 e. The van der Waals surface area contributed by atoms with Crippen molar-refractivity contribution in [3.8, 4) is 0 Å². The van der Waals surface area contributed by atoms with E-state index >= 15 is 0 Å². The Labute approximate surface area is 210 Å². The highest BCUT2D eigenvalue weighted by Gasteiger charge is 2.34. The van der Waals surface area contributed by atoms with Crippen LogP contribution in [0.5, 0.6) is 0 Å². The lowest BCUT2D eigenvalue weighted by atomic mass is 10.1. The number of carbonyl (C=O) groups is 1. The summed E-state index contributed by atoms with van der Waals surface area (Å²) >= 11 is 0. The van der Waals surface area contributed by atoms with E-state index in [1.54, 1.807) is 24.5 Å². The molecule has 12 heteroatoms. The van der Waals surface area contributed by atoms with Gasteiger partial charge in [-0.2, -0.15) is 18.3 Å². The number of hydrogen-bond donors (Lipinski definition) is 1. The standard InChI is InChI=1S/C25H25F3N8O/c1-16-12-22(34-8-10-35(11-9-34)24-29-6-3-7-30-24)32-20-5-4-18(14-19(16)20)31-23(37)15-36-17(2)13-21(33-36)25(26,27)28/h3-7,12-14H,8-11,15H2,1-2H3,(H,31,37). The SMILES string of the molecule is Cc1cc(N2CCN(c3ncccn3)CC2)nc2ccc(NC(=O)Cn3nc(C(F)(F)F)cc3C)cc12. The third-order valence-corrected chi connectivity index (χ3v) is 6.29. The summed E-state index contributed by atoms with van der Waals surface area (Å²) in [5.74, 6) is 1.13. The highest BCUT2D eigenvalue weighted by atomic mass is 19.4. The second-order valence-corrected chi connectivity index (χ2v) is 8.93. The van der Waals surface area contributed by atoms with Crippen LogP contribution in [0.3, 0.4) is 0 Å². The molecular weight excluding hydrogens is 485 g/mol. The second-order valence-electron chi connectivity index (χ2n) is 8.93. The first-order valence-corrected chi connectivity index (χ1v) is 11.8. The fraction of sp³-hybridized carbons (Fsp3) is 0.320. The quantitative estimate of drug-likeness (QED) is 0.436. The summed E-state index contributed by atoms with van der Waals surface area (Å²) in [7, 11) is 0. The molecule has 192 valence electrons. The van der Waals surface area contributed by atoms with Crippen LogP contribution >= 0.6 is 0 Å². The highest BCUT2D eigenvalue weighted by molar-refractivity contribution is 5.94. The molecule has 1 aliphatic heterocycles. The van der Waals surface area contributed by atoms with Crippen LogP contribution in [-0.4, -0.2) is 56.8 Å². The fourth-order valence-electron chi connectivity index (χ4n) is 4.35. The number of fused-ring (bicyclic) bond motifs is 1. The number of alkyl halides is 3. The average molecular weight is 511 g/mol. The normalized spacial score (nSPS) is 14.3. The van der Waals surface area contributed by atoms with E-state index in [0.717, 1.165) is 65.2 Å². The maximum Gasteiger partial charge on any atom is 0.435 e. The molecule has 0 spiro atoms. The van der Waals surface area contributed by atoms with Crippen molar-refractivity contribution in [3.63, 3.8) is 0 Å². The number of carbonyl (C=O) groups excluding carboxylic acids is 1. The van der Waals surface area contributed by atoms with E-state index in [1.807, 2.05) is 25.1 Å². The number of halogens is 3. The minimum absolute atomic E-state index is 0.255. The van der Waals surface area contributed by atoms with Gasteiger partial charge in [-0.25, -0.2) is 15.0 Å². The molecule has 0 unspecified atom stereocenters. The van der Waals surface area contributed by atoms with Crippen LogP contribution in [0.15, 0.2) is 48.8 Å². The number of amides is 1. The Kier molecular flexibility index (Phi) is 6.40. The molecule has 4 heterocycles. The predicted molar refractivity (Wildman–Crippen MR) is 134 cm³/mol. The molecule has 1 aliphatic rings. The number of aryl methyl sites for hydroxylation is 2. The summed E-state index contributed by atoms with van der Waals surface area (Å²) in [6, 6.07) is 10.1. The molecular formula is C25H25F3N8O. The lowest BCUT2D eigenvalue weighted by Crippen LogP contribution is -2.47. The van der Waals surface area contributed by atoms with E-state index < -0.39 is 17.8 Å². The molecule has 4 aromatic rings. The van der Waals surface area contributed by atoms with E-state index in [4.69, 9.17) is 4.98 Å². The number of nitrogens with one attached hydrogen (secondary N) is 1. The Hall–Kier alpha value is -4.22. The van der Waals surface area contributed by atoms with Gasteiger partial charge >= 0.3 is 6.18 Å². The summed E-state index contributed by atoms with van der Waals surface area (Å²) in [6.45, 7) is 6.28. The molecule has 1 N–H and O–H groups in total. The number of benzene rings is 1. The molecule has 1 aromatic carbocycles. The lowest BCUT2D eigenvalue weighted by molar-refractivity contribution is -0.141. The topological polar surface area (TPSA) is 92.1 Å². The molecule has 5 rings (SSSR count). The average Bonchev–Trinajstić information content (AvgIpc) is 3.25. The van der Waals surface area contributed by atoms with Crippen molar-refractivity contribution in [2.75, 3.05) is 41.3 Å². The van der Waals surface area contributed by atoms with Crippen molar-refractivity contribution in [2.45, 2.75) is 26.6 Å². The molecule has 1 amide bonds. The van der Waals surface area contributed by atoms with Gasteiger partial charge in [-0.05, 0) is 55.8 Å². The van der Waals surface area contributed by atoms with Crippen LogP contribution in [0.25, 0.3) is 10.9 Å². The molecule has 0 atom stereocenters. The van der Waals surface area contributed by atoms with Gasteiger partial charge in [0.15, 0.2) is 5.69 Å². The van der Waals surface area contributed by atoms with Crippen molar-refractivity contribution in [3.05, 3.63) is 65.7 Å². The van der Waals surface area contributed by atoms with Gasteiger partial charge in [-0.15, -0.1) is 0 Å². The van der Waals surface area contributed by atoms with Crippen LogP contribution in [0.1, 0.15) is 17.0 Å². The van der Waals surface area contributed by atoms with E-state index in [9.17, 15) is 18.0 Å². The maximum absolute atomic E-state index is 12.9. The van der Waals surface area contributed by atoms with Crippen LogP contribution < -0.4 is 15.1 Å². The van der Waals surface area contributed by atoms with Crippen molar-refractivity contribution in [2.24, 2.45) is 0 Å². The zero-order valence-corrected chi connectivity index (χ0v) is 20.3. The van der Waals surface area contributed by atoms with Gasteiger partial charge in [0.25, 0.3) is 0 Å². The molecule has 3 aromatic heterocycles. The number of anilines is 3. The van der Waals surface area contributed by atoms with Gasteiger partial charge in [-0.3, -0.25) is 9.48 Å². The minimum Gasteiger partial charge on any atom is -0.353 e. The summed E-state index contributed by atoms with van der Waals surface area (Å²) < 4.78 is 39.7. The second kappa shape index (κ2) is 9.68. The Balaban J connectivity index is 1.26. The van der Waals surface area contributed by atoms with E-state index in [0.29, 0.717) is 5.69 Å². The monoisotopic (exact) mass is 510 g/mol. The molecule has 37 heavy (non-hydrogen) atoms. The number of nitrogens with zero attached hydrogens (tertiary/aromatic N) is 7. The van der Waals surface area contributed by atoms with Gasteiger partial charge in [0.1, 0.15) is 12.4 Å². The fourth-order valence-corrected chi connectivity index (χ4v) is 4.35. The summed E-state index contributed by atoms with van der Waals surface area (Å²) in [5.41, 5.74) is 1.57. The Morgan fingerprint density at radius 3 is 2.38 bits per heavy atom. The molecule has 1 saturated heterocycles. The summed E-state index contributed by atoms with van der Waals surface area (Å²) in [4.78, 5) is 30.4. The predicted octanol–water partition coefficient (Wildman–Crippen LogP) is 3.82. The molecule has 0 saturated carbocycles. The number of hydrogen-bond acceptors (Lipinski definition) is 7. The van der Waals surface area contributed by atoms with Gasteiger partial charge in [0, 0.05) is 55.3 Å². The number of aromatic nitrogens is 5. The van der Waals surface area contributed by atoms with Gasteiger partial charge in [0.2, 0.25) is 11.9 Å². The minimum atomic E-state index is -4.56. The number of pyridine rings is 1. The maximum atomic E-state index is 12.9. The number of rotatable bonds is 5. The Morgan fingerprint density at radius 2 is 1.70 bits per heavy atom. The third-order valence-electron chi connectivity index (χ3n) is 6.29. The largest absolute Gasteiger partial charge is 0.435 e. The molecule has 9 nitrogen and oxygen atoms in total. The van der Waals surface area contributed by atoms with Crippen LogP contribution in [-0.2, 0) is 17.5 Å². The van der Waals surface area contributed by atoms with Crippen molar-refractivity contribution >= 4 is 34.3 Å². The summed E-state index contributed by atoms with van der Waals surface area (Å²) in [5, 5.41) is 7.14. The molecule has 1 fully saturated rings. The van der Waals surface area contributed by atoms with Gasteiger partial charge in [-0.1, -0.05) is 0 Å². The Morgan fingerprint density at radius 1 is 1.00 bits per heavy atom. The van der Waals surface area contributed by atoms with Gasteiger partial charge in [0.05, 0.1) is 5.52 Å². The molecule has 0 bridgehead atoms. The van der Waals surface area contributed by atoms with Crippen LogP contribution in [0.4, 0.5) is 30.6 Å². The summed E-state index contributed by atoms with van der Waals surface area (Å²) in [6.07, 6.45) is -1.08. The van der Waals surface area contributed by atoms with Crippen molar-refractivity contribution < 1.29 is 18.0 Å². The molecule has 0 radical (unpaired) electrons. The third kappa shape index (κ3) is 5.32. The van der Waals surface area contributed by atoms with Crippen LogP contribution in [0, 0.1) is 13.8 Å². The van der Waals surface area contributed by atoms with Gasteiger partial charge < -0.3 is 15.1 Å². The van der Waals surface area contributed by atoms with Crippen molar-refractivity contribution in [1.82, 2.24) is 24.7 Å². The zero-order chi connectivity index (χ0) is 26.2. The molecule has 0 aliphatic carbocycles. The van der Waals surface area contributed by atoms with E-state index in [1.165, 1.54) is 6.92 Å². The van der Waals surface area contributed by atoms with E-state index in [2.05, 4.69) is 30.2 Å². The van der Waals surface area contributed by atoms with E-state index in [-0.39, 0.29) is 12.2 Å². The Bertz CT molecular complexity index is 1430. The van der Waals surface area contributed by atoms with Crippen LogP contribution in [0.2, 0.25) is 0 Å². The van der Waals surface area contributed by atoms with Crippen molar-refractivity contribution in [1.29, 1.82) is 0 Å². The number of piperazine rings is 1. The first-order valence-electron chi connectivity index (χ1n) is 11.8. The highest BCUT2D eigenvalue weighted by Crippen LogP contribution is 2.29. The first-order chi connectivity index (χ1) is 17.7. The first kappa shape index (κ1) is 24.5. The zero-order valence-electron chi connectivity index (χ0n) is 20.3.